The fourth-order valence-electron chi connectivity index (χ4n) is 3.91. The maximum atomic E-state index is 14.6. The van der Waals surface area contributed by atoms with Gasteiger partial charge in [0.2, 0.25) is 5.91 Å². The van der Waals surface area contributed by atoms with Crippen molar-refractivity contribution in [2.45, 2.75) is 19.3 Å². The van der Waals surface area contributed by atoms with Crippen molar-refractivity contribution in [2.24, 2.45) is 5.92 Å². The maximum absolute atomic E-state index is 14.6. The summed E-state index contributed by atoms with van der Waals surface area (Å²) in [5.74, 6) is 0.724. The minimum atomic E-state index is -0.344. The first-order valence-corrected chi connectivity index (χ1v) is 11.9. The summed E-state index contributed by atoms with van der Waals surface area (Å²) in [5, 5.41) is 3.96. The predicted molar refractivity (Wildman–Crippen MR) is 122 cm³/mol. The Hall–Kier alpha value is -2.91. The molecule has 6 rings (SSSR count). The van der Waals surface area contributed by atoms with Crippen LogP contribution in [0.1, 0.15) is 24.1 Å². The molecule has 0 spiro atoms. The molecule has 4 aromatic rings. The number of rotatable bonds is 4. The summed E-state index contributed by atoms with van der Waals surface area (Å²) >= 11 is 2.98. The number of benzene rings is 1. The van der Waals surface area contributed by atoms with Crippen LogP contribution in [0.5, 0.6) is 0 Å². The molecule has 6 nitrogen and oxygen atoms in total. The van der Waals surface area contributed by atoms with E-state index < -0.39 is 0 Å². The van der Waals surface area contributed by atoms with Crippen molar-refractivity contribution in [1.82, 2.24) is 19.9 Å². The Morgan fingerprint density at radius 2 is 2.10 bits per heavy atom. The summed E-state index contributed by atoms with van der Waals surface area (Å²) in [7, 11) is 0. The van der Waals surface area contributed by atoms with E-state index in [4.69, 9.17) is 0 Å². The van der Waals surface area contributed by atoms with E-state index in [1.165, 1.54) is 23.7 Å². The normalized spacial score (nSPS) is 16.7. The molecule has 9 heteroatoms. The summed E-state index contributed by atoms with van der Waals surface area (Å²) in [6.07, 6.45) is 6.59. The minimum Gasteiger partial charge on any atom is -0.338 e. The van der Waals surface area contributed by atoms with Crippen LogP contribution in [0, 0.1) is 11.7 Å². The molecule has 31 heavy (non-hydrogen) atoms. The summed E-state index contributed by atoms with van der Waals surface area (Å²) in [5.41, 5.74) is 3.93. The average molecular weight is 452 g/mol. The topological polar surface area (TPSA) is 71.0 Å². The van der Waals surface area contributed by atoms with Crippen molar-refractivity contribution in [1.29, 1.82) is 0 Å². The highest BCUT2D eigenvalue weighted by molar-refractivity contribution is 7.19. The number of carbonyl (C=O) groups excluding carboxylic acids is 1. The summed E-state index contributed by atoms with van der Waals surface area (Å²) < 4.78 is 15.4. The third kappa shape index (κ3) is 3.47. The summed E-state index contributed by atoms with van der Waals surface area (Å²) in [6, 6.07) is 5.23. The lowest BCUT2D eigenvalue weighted by Gasteiger charge is -2.27. The van der Waals surface area contributed by atoms with Crippen LogP contribution in [-0.4, -0.2) is 38.8 Å². The first-order chi connectivity index (χ1) is 15.2. The lowest BCUT2D eigenvalue weighted by molar-refractivity contribution is -0.132. The number of thiophene rings is 1. The summed E-state index contributed by atoms with van der Waals surface area (Å²) in [4.78, 5) is 29.4. The van der Waals surface area contributed by atoms with Gasteiger partial charge in [-0.05, 0) is 43.0 Å². The first kappa shape index (κ1) is 18.8. The van der Waals surface area contributed by atoms with Gasteiger partial charge in [-0.3, -0.25) is 4.79 Å². The molecule has 1 aromatic carbocycles. The zero-order chi connectivity index (χ0) is 20.9. The molecule has 1 aliphatic heterocycles. The van der Waals surface area contributed by atoms with E-state index in [0.717, 1.165) is 56.7 Å². The zero-order valence-electron chi connectivity index (χ0n) is 16.5. The van der Waals surface area contributed by atoms with E-state index in [2.05, 4.69) is 26.3 Å². The number of aromatic nitrogens is 3. The number of anilines is 2. The SMILES string of the molecule is O=C(C1CC1)N1CCC=C(c2cc3c(Nc4cc5ncsc5cc4F)ncnc3s2)C1. The van der Waals surface area contributed by atoms with Crippen molar-refractivity contribution in [3.05, 3.63) is 46.8 Å². The monoisotopic (exact) mass is 451 g/mol. The largest absolute Gasteiger partial charge is 0.338 e. The molecule has 0 radical (unpaired) electrons. The highest BCUT2D eigenvalue weighted by Crippen LogP contribution is 2.37. The molecule has 0 bridgehead atoms. The van der Waals surface area contributed by atoms with Crippen LogP contribution in [0.4, 0.5) is 15.9 Å². The molecule has 1 saturated carbocycles. The number of halogens is 1. The standard InChI is InChI=1S/C22H18FN5OS2/c23-15-7-19-17(26-11-30-19)8-16(15)27-20-14-6-18(31-21(14)25-10-24-20)13-2-1-5-28(9-13)22(29)12-3-4-12/h2,6-8,10-12H,1,3-5,9H2,(H,24,25,27). The number of nitrogens with one attached hydrogen (secondary N) is 1. The Kier molecular flexibility index (Phi) is 4.46. The van der Waals surface area contributed by atoms with Gasteiger partial charge in [0.1, 0.15) is 22.8 Å². The third-order valence-electron chi connectivity index (χ3n) is 5.71. The molecule has 1 N–H and O–H groups in total. The quantitative estimate of drug-likeness (QED) is 0.461. The lowest BCUT2D eigenvalue weighted by Crippen LogP contribution is -2.36. The van der Waals surface area contributed by atoms with Crippen LogP contribution in [0.15, 0.2) is 36.1 Å². The van der Waals surface area contributed by atoms with Crippen LogP contribution >= 0.6 is 22.7 Å². The first-order valence-electron chi connectivity index (χ1n) is 10.2. The van der Waals surface area contributed by atoms with Crippen LogP contribution in [0.3, 0.4) is 0 Å². The molecule has 3 aromatic heterocycles. The Morgan fingerprint density at radius 1 is 1.19 bits per heavy atom. The molecule has 0 saturated heterocycles. The Balaban J connectivity index is 1.32. The highest BCUT2D eigenvalue weighted by Gasteiger charge is 2.34. The van der Waals surface area contributed by atoms with Crippen molar-refractivity contribution in [2.75, 3.05) is 18.4 Å². The van der Waals surface area contributed by atoms with Gasteiger partial charge in [0.25, 0.3) is 0 Å². The van der Waals surface area contributed by atoms with E-state index in [1.54, 1.807) is 22.9 Å². The molecular formula is C22H18FN5OS2. The third-order valence-corrected chi connectivity index (χ3v) is 7.62. The van der Waals surface area contributed by atoms with Crippen molar-refractivity contribution in [3.63, 3.8) is 0 Å². The van der Waals surface area contributed by atoms with Gasteiger partial charge in [-0.2, -0.15) is 0 Å². The molecule has 1 amide bonds. The number of carbonyl (C=O) groups is 1. The fourth-order valence-corrected chi connectivity index (χ4v) is 5.63. The molecule has 2 aliphatic rings. The van der Waals surface area contributed by atoms with Gasteiger partial charge in [0.05, 0.1) is 26.8 Å². The van der Waals surface area contributed by atoms with E-state index in [0.29, 0.717) is 18.1 Å². The Bertz CT molecular complexity index is 1360. The highest BCUT2D eigenvalue weighted by atomic mass is 32.1. The van der Waals surface area contributed by atoms with Gasteiger partial charge in [0.15, 0.2) is 0 Å². The van der Waals surface area contributed by atoms with E-state index in [-0.39, 0.29) is 17.6 Å². The van der Waals surface area contributed by atoms with Gasteiger partial charge in [-0.1, -0.05) is 6.08 Å². The fraction of sp³-hybridized carbons (Fsp3) is 0.273. The number of amides is 1. The number of hydrogen-bond acceptors (Lipinski definition) is 7. The average Bonchev–Trinajstić information content (AvgIpc) is 3.38. The number of fused-ring (bicyclic) bond motifs is 2. The molecular weight excluding hydrogens is 433 g/mol. The van der Waals surface area contributed by atoms with Gasteiger partial charge < -0.3 is 10.2 Å². The molecule has 0 atom stereocenters. The number of nitrogens with zero attached hydrogens (tertiary/aromatic N) is 4. The van der Waals surface area contributed by atoms with Crippen molar-refractivity contribution >= 4 is 66.1 Å². The number of thiazole rings is 1. The van der Waals surface area contributed by atoms with Crippen LogP contribution in [-0.2, 0) is 4.79 Å². The molecule has 4 heterocycles. The minimum absolute atomic E-state index is 0.230. The van der Waals surface area contributed by atoms with E-state index in [1.807, 2.05) is 11.0 Å². The predicted octanol–water partition coefficient (Wildman–Crippen LogP) is 5.21. The van der Waals surface area contributed by atoms with E-state index in [9.17, 15) is 9.18 Å². The van der Waals surface area contributed by atoms with E-state index >= 15 is 0 Å². The lowest BCUT2D eigenvalue weighted by atomic mass is 10.1. The number of hydrogen-bond donors (Lipinski definition) is 1. The maximum Gasteiger partial charge on any atom is 0.225 e. The zero-order valence-corrected chi connectivity index (χ0v) is 18.1. The molecule has 1 fully saturated rings. The second-order valence-electron chi connectivity index (χ2n) is 7.88. The van der Waals surface area contributed by atoms with Crippen molar-refractivity contribution in [3.8, 4) is 0 Å². The molecule has 0 unspecified atom stereocenters. The molecule has 156 valence electrons. The van der Waals surface area contributed by atoms with Gasteiger partial charge in [-0.15, -0.1) is 22.7 Å². The van der Waals surface area contributed by atoms with Crippen LogP contribution < -0.4 is 5.32 Å². The Morgan fingerprint density at radius 3 is 2.97 bits per heavy atom. The van der Waals surface area contributed by atoms with Gasteiger partial charge >= 0.3 is 0 Å². The van der Waals surface area contributed by atoms with Gasteiger partial charge in [0, 0.05) is 23.9 Å². The Labute approximate surface area is 185 Å². The second kappa shape index (κ2) is 7.35. The molecule has 1 aliphatic carbocycles. The van der Waals surface area contributed by atoms with Crippen LogP contribution in [0.2, 0.25) is 0 Å². The summed E-state index contributed by atoms with van der Waals surface area (Å²) in [6.45, 7) is 1.42. The second-order valence-corrected chi connectivity index (χ2v) is 9.80. The van der Waals surface area contributed by atoms with Crippen LogP contribution in [0.25, 0.3) is 26.0 Å². The van der Waals surface area contributed by atoms with Crippen molar-refractivity contribution < 1.29 is 9.18 Å². The smallest absolute Gasteiger partial charge is 0.225 e. The van der Waals surface area contributed by atoms with Gasteiger partial charge in [-0.25, -0.2) is 19.3 Å².